The lowest BCUT2D eigenvalue weighted by Crippen LogP contribution is -2.30. The van der Waals surface area contributed by atoms with E-state index in [1.165, 1.54) is 24.5 Å². The number of carbonyl (C=O) groups excluding carboxylic acids is 2. The Bertz CT molecular complexity index is 1780. The molecule has 4 aromatic rings. The first-order valence-electron chi connectivity index (χ1n) is 12.9. The zero-order valence-electron chi connectivity index (χ0n) is 22.3. The van der Waals surface area contributed by atoms with Crippen LogP contribution in [0.3, 0.4) is 0 Å². The lowest BCUT2D eigenvalue weighted by molar-refractivity contribution is -0.118. The average molecular weight is 572 g/mol. The van der Waals surface area contributed by atoms with Crippen LogP contribution in [0.1, 0.15) is 52.4 Å². The Balaban J connectivity index is 1.20. The van der Waals surface area contributed by atoms with E-state index in [1.807, 2.05) is 26.0 Å². The van der Waals surface area contributed by atoms with Gasteiger partial charge in [0, 0.05) is 18.7 Å². The summed E-state index contributed by atoms with van der Waals surface area (Å²) >= 11 is 5.92. The van der Waals surface area contributed by atoms with E-state index in [-0.39, 0.29) is 45.4 Å². The molecule has 3 atom stereocenters. The van der Waals surface area contributed by atoms with Gasteiger partial charge in [0.2, 0.25) is 5.91 Å². The molecule has 1 unspecified atom stereocenters. The number of fused-ring (bicyclic) bond motifs is 1. The Labute approximate surface area is 239 Å². The molecule has 1 aliphatic heterocycles. The number of piperidine rings is 1. The number of amides is 2. The Morgan fingerprint density at radius 2 is 2.07 bits per heavy atom. The first-order valence-corrected chi connectivity index (χ1v) is 13.3. The van der Waals surface area contributed by atoms with Gasteiger partial charge in [0.05, 0.1) is 63.4 Å². The third-order valence-electron chi connectivity index (χ3n) is 7.48. The molecule has 0 bridgehead atoms. The molecule has 1 saturated heterocycles. The predicted molar refractivity (Wildman–Crippen MR) is 147 cm³/mol. The van der Waals surface area contributed by atoms with Gasteiger partial charge in [-0.2, -0.15) is 15.5 Å². The molecule has 0 radical (unpaired) electrons. The van der Waals surface area contributed by atoms with Crippen LogP contribution in [0.4, 0.5) is 15.9 Å². The van der Waals surface area contributed by atoms with E-state index < -0.39 is 11.7 Å². The Morgan fingerprint density at radius 1 is 1.27 bits per heavy atom. The van der Waals surface area contributed by atoms with Crippen LogP contribution in [0.5, 0.6) is 0 Å². The van der Waals surface area contributed by atoms with Crippen molar-refractivity contribution in [2.24, 2.45) is 11.8 Å². The summed E-state index contributed by atoms with van der Waals surface area (Å²) in [5.41, 5.74) is 2.05. The minimum atomic E-state index is -0.819. The van der Waals surface area contributed by atoms with Gasteiger partial charge in [-0.3, -0.25) is 24.2 Å². The number of nitrogens with one attached hydrogen (secondary N) is 1. The topological polar surface area (TPSA) is 143 Å². The van der Waals surface area contributed by atoms with Gasteiger partial charge in [-0.15, -0.1) is 5.10 Å². The second-order valence-corrected chi connectivity index (χ2v) is 10.7. The number of anilines is 2. The lowest BCUT2D eigenvalue weighted by Gasteiger charge is -2.20. The maximum atomic E-state index is 14.8. The molecule has 2 amide bonds. The van der Waals surface area contributed by atoms with Gasteiger partial charge in [0.25, 0.3) is 5.91 Å². The molecule has 41 heavy (non-hydrogen) atoms. The van der Waals surface area contributed by atoms with Gasteiger partial charge < -0.3 is 5.32 Å². The molecule has 4 heterocycles. The number of hydrogen-bond acceptors (Lipinski definition) is 8. The van der Waals surface area contributed by atoms with E-state index in [0.29, 0.717) is 35.4 Å². The smallest absolute Gasteiger partial charge is 0.276 e. The first kappa shape index (κ1) is 26.5. The Kier molecular flexibility index (Phi) is 6.46. The monoisotopic (exact) mass is 571 g/mol. The summed E-state index contributed by atoms with van der Waals surface area (Å²) < 4.78 is 16.4. The molecule has 0 spiro atoms. The summed E-state index contributed by atoms with van der Waals surface area (Å²) in [7, 11) is 0. The van der Waals surface area contributed by atoms with E-state index in [9.17, 15) is 19.2 Å². The van der Waals surface area contributed by atoms with Gasteiger partial charge >= 0.3 is 0 Å². The van der Waals surface area contributed by atoms with Crippen molar-refractivity contribution in [1.82, 2.24) is 29.9 Å². The highest BCUT2D eigenvalue weighted by atomic mass is 35.5. The molecule has 1 aromatic carbocycles. The quantitative estimate of drug-likeness (QED) is 0.362. The molecular weight excluding hydrogens is 549 g/mol. The Morgan fingerprint density at radius 3 is 2.78 bits per heavy atom. The fraction of sp³-hybridized carbons (Fsp3) is 0.286. The third-order valence-corrected chi connectivity index (χ3v) is 7.77. The second-order valence-electron chi connectivity index (χ2n) is 10.3. The van der Waals surface area contributed by atoms with Crippen molar-refractivity contribution in [2.45, 2.75) is 33.2 Å². The van der Waals surface area contributed by atoms with Gasteiger partial charge in [0.1, 0.15) is 5.69 Å². The standard InChI is InChI=1S/C28H23ClFN9O2/c1-13-6-21(36-37-26(13)38-11-17-7-19(17)28(38)41)15(3)39-12-18(9-33-39)34-27(40)25-14(2)32-10-22(35-25)23-16(8-31)4-5-20(29)24(23)30/h4-6,9-10,12,15,17,19H,7,11H2,1-3H3,(H,34,40)/t15?,17-,19-/m1/s1. The number of halogens is 2. The number of nitriles is 1. The first-order chi connectivity index (χ1) is 19.7. The van der Waals surface area contributed by atoms with Crippen LogP contribution in [-0.4, -0.2) is 48.3 Å². The SMILES string of the molecule is Cc1cc(C(C)n2cc(NC(=O)c3nc(-c4c(C#N)ccc(Cl)c4F)cnc3C)cn2)nnc1N1C[C@H]2C[C@H]2C1=O. The molecule has 3 aromatic heterocycles. The van der Waals surface area contributed by atoms with Gasteiger partial charge in [0.15, 0.2) is 11.6 Å². The van der Waals surface area contributed by atoms with E-state index >= 15 is 0 Å². The van der Waals surface area contributed by atoms with E-state index in [4.69, 9.17) is 11.6 Å². The number of carbonyl (C=O) groups is 2. The normalized spacial score (nSPS) is 18.1. The highest BCUT2D eigenvalue weighted by Crippen LogP contribution is 2.47. The van der Waals surface area contributed by atoms with Gasteiger partial charge in [-0.05, 0) is 56.9 Å². The number of benzene rings is 1. The molecule has 206 valence electrons. The van der Waals surface area contributed by atoms with Crippen molar-refractivity contribution in [1.29, 1.82) is 5.26 Å². The van der Waals surface area contributed by atoms with E-state index in [0.717, 1.165) is 12.0 Å². The van der Waals surface area contributed by atoms with Crippen molar-refractivity contribution in [2.75, 3.05) is 16.8 Å². The number of hydrogen-bond donors (Lipinski definition) is 1. The molecule has 1 saturated carbocycles. The van der Waals surface area contributed by atoms with Crippen LogP contribution in [0.25, 0.3) is 11.3 Å². The second kappa shape index (κ2) is 10.0. The highest BCUT2D eigenvalue weighted by Gasteiger charge is 2.53. The van der Waals surface area contributed by atoms with Crippen molar-refractivity contribution in [3.63, 3.8) is 0 Å². The van der Waals surface area contributed by atoms with E-state index in [2.05, 4.69) is 30.6 Å². The molecule has 11 nitrogen and oxygen atoms in total. The number of aryl methyl sites for hydroxylation is 2. The molecule has 1 aliphatic carbocycles. The summed E-state index contributed by atoms with van der Waals surface area (Å²) in [6.07, 6.45) is 5.38. The van der Waals surface area contributed by atoms with Crippen LogP contribution in [0.15, 0.2) is 36.8 Å². The van der Waals surface area contributed by atoms with Crippen molar-refractivity contribution >= 4 is 34.9 Å². The number of rotatable bonds is 6. The van der Waals surface area contributed by atoms with Crippen LogP contribution >= 0.6 is 11.6 Å². The zero-order chi connectivity index (χ0) is 29.0. The predicted octanol–water partition coefficient (Wildman–Crippen LogP) is 4.26. The fourth-order valence-electron chi connectivity index (χ4n) is 5.06. The van der Waals surface area contributed by atoms with Crippen LogP contribution in [-0.2, 0) is 4.79 Å². The summed E-state index contributed by atoms with van der Waals surface area (Å²) in [4.78, 5) is 35.8. The van der Waals surface area contributed by atoms with Crippen LogP contribution in [0, 0.1) is 42.8 Å². The van der Waals surface area contributed by atoms with Crippen LogP contribution < -0.4 is 10.2 Å². The molecule has 6 rings (SSSR count). The summed E-state index contributed by atoms with van der Waals surface area (Å²) in [5, 5.41) is 25.1. The highest BCUT2D eigenvalue weighted by molar-refractivity contribution is 6.31. The average Bonchev–Trinajstić information content (AvgIpc) is 3.46. The fourth-order valence-corrected chi connectivity index (χ4v) is 5.21. The number of aromatic nitrogens is 6. The van der Waals surface area contributed by atoms with Gasteiger partial charge in [-0.25, -0.2) is 9.37 Å². The molecule has 1 N–H and O–H groups in total. The van der Waals surface area contributed by atoms with Crippen molar-refractivity contribution < 1.29 is 14.0 Å². The maximum Gasteiger partial charge on any atom is 0.276 e. The molecule has 13 heteroatoms. The van der Waals surface area contributed by atoms with Crippen molar-refractivity contribution in [3.05, 3.63) is 75.8 Å². The molecule has 2 aliphatic rings. The maximum absolute atomic E-state index is 14.8. The Hall–Kier alpha value is -4.76. The molecular formula is C28H23ClFN9O2. The van der Waals surface area contributed by atoms with E-state index in [1.54, 1.807) is 22.7 Å². The van der Waals surface area contributed by atoms with Crippen molar-refractivity contribution in [3.8, 4) is 17.3 Å². The summed E-state index contributed by atoms with van der Waals surface area (Å²) in [5.74, 6) is -0.124. The number of nitrogens with zero attached hydrogens (tertiary/aromatic N) is 8. The molecule has 2 fully saturated rings. The third kappa shape index (κ3) is 4.68. The van der Waals surface area contributed by atoms with Crippen LogP contribution in [0.2, 0.25) is 5.02 Å². The minimum Gasteiger partial charge on any atom is -0.318 e. The largest absolute Gasteiger partial charge is 0.318 e. The zero-order valence-corrected chi connectivity index (χ0v) is 23.0. The summed E-state index contributed by atoms with van der Waals surface area (Å²) in [6.45, 7) is 6.08. The lowest BCUT2D eigenvalue weighted by atomic mass is 10.0. The minimum absolute atomic E-state index is 0.00617. The summed E-state index contributed by atoms with van der Waals surface area (Å²) in [6, 6.07) is 6.15. The van der Waals surface area contributed by atoms with Gasteiger partial charge in [-0.1, -0.05) is 11.6 Å².